The van der Waals surface area contributed by atoms with E-state index in [1.807, 2.05) is 12.1 Å². The van der Waals surface area contributed by atoms with Crippen molar-refractivity contribution in [1.82, 2.24) is 5.32 Å². The van der Waals surface area contributed by atoms with Gasteiger partial charge < -0.3 is 10.1 Å². The van der Waals surface area contributed by atoms with Gasteiger partial charge in [-0.2, -0.15) is 0 Å². The topological polar surface area (TPSA) is 38.3 Å². The van der Waals surface area contributed by atoms with Gasteiger partial charge in [0.25, 0.3) is 0 Å². The predicted molar refractivity (Wildman–Crippen MR) is 70.9 cm³/mol. The highest BCUT2D eigenvalue weighted by Gasteiger charge is 2.50. The van der Waals surface area contributed by atoms with Crippen LogP contribution in [0.1, 0.15) is 29.4 Å². The third kappa shape index (κ3) is 1.61. The zero-order valence-electron chi connectivity index (χ0n) is 9.82. The monoisotopic (exact) mass is 285 g/mol. The largest absolute Gasteiger partial charge is 0.412 e. The molecule has 96 valence electrons. The second-order valence-corrected chi connectivity index (χ2v) is 5.74. The second-order valence-electron chi connectivity index (χ2n) is 4.74. The van der Waals surface area contributed by atoms with E-state index in [0.29, 0.717) is 5.75 Å². The zero-order valence-corrected chi connectivity index (χ0v) is 11.3. The van der Waals surface area contributed by atoms with Crippen LogP contribution in [0.2, 0.25) is 0 Å². The molecule has 3 nitrogen and oxygen atoms in total. The lowest BCUT2D eigenvalue weighted by Gasteiger charge is -2.25. The van der Waals surface area contributed by atoms with Crippen LogP contribution in [-0.4, -0.2) is 23.9 Å². The summed E-state index contributed by atoms with van der Waals surface area (Å²) in [6.07, 6.45) is 0.492. The molecule has 0 aliphatic heterocycles. The van der Waals surface area contributed by atoms with Gasteiger partial charge in [0.2, 0.25) is 0 Å². The van der Waals surface area contributed by atoms with Crippen molar-refractivity contribution in [3.05, 3.63) is 29.3 Å². The molecule has 0 spiro atoms. The lowest BCUT2D eigenvalue weighted by atomic mass is 9.90. The summed E-state index contributed by atoms with van der Waals surface area (Å²) < 4.78 is 5.29. The molecule has 0 heterocycles. The van der Waals surface area contributed by atoms with Crippen LogP contribution in [-0.2, 0) is 0 Å². The summed E-state index contributed by atoms with van der Waals surface area (Å²) in [6, 6.07) is 5.75. The number of hydrogen-bond donors (Lipinski definition) is 1. The molecule has 18 heavy (non-hydrogen) atoms. The summed E-state index contributed by atoms with van der Waals surface area (Å²) in [4.78, 5) is 11.3. The second kappa shape index (κ2) is 4.32. The fraction of sp³-hybridized carbons (Fsp3) is 0.462. The Hall–Kier alpha value is -0.930. The van der Waals surface area contributed by atoms with E-state index in [2.05, 4.69) is 11.4 Å². The molecule has 1 aromatic carbocycles. The van der Waals surface area contributed by atoms with Crippen molar-refractivity contribution in [2.75, 3.05) is 7.05 Å². The Morgan fingerprint density at radius 3 is 2.78 bits per heavy atom. The summed E-state index contributed by atoms with van der Waals surface area (Å²) in [7, 11) is 1.54. The van der Waals surface area contributed by atoms with Gasteiger partial charge >= 0.3 is 6.09 Å². The first kappa shape index (κ1) is 12.1. The average Bonchev–Trinajstić information content (AvgIpc) is 2.88. The van der Waals surface area contributed by atoms with Gasteiger partial charge in [-0.3, -0.25) is 0 Å². The van der Waals surface area contributed by atoms with Crippen LogP contribution in [0.15, 0.2) is 18.2 Å². The van der Waals surface area contributed by atoms with Crippen LogP contribution in [0.3, 0.4) is 0 Å². The van der Waals surface area contributed by atoms with Crippen molar-refractivity contribution in [2.45, 2.75) is 29.0 Å². The van der Waals surface area contributed by atoms with E-state index >= 15 is 0 Å². The molecule has 2 bridgehead atoms. The van der Waals surface area contributed by atoms with Gasteiger partial charge in [0.15, 0.2) is 0 Å². The molecule has 1 saturated carbocycles. The van der Waals surface area contributed by atoms with Crippen LogP contribution in [0.25, 0.3) is 0 Å². The quantitative estimate of drug-likeness (QED) is 0.805. The van der Waals surface area contributed by atoms with E-state index in [1.54, 1.807) is 0 Å². The van der Waals surface area contributed by atoms with Gasteiger partial charge in [-0.1, -0.05) is 12.1 Å². The molecular weight excluding hydrogens is 273 g/mol. The van der Waals surface area contributed by atoms with E-state index in [9.17, 15) is 4.79 Å². The van der Waals surface area contributed by atoms with Gasteiger partial charge in [0.05, 0.1) is 10.8 Å². The molecule has 1 aromatic rings. The molecular formula is C13H13Cl2NO2. The highest BCUT2D eigenvalue weighted by molar-refractivity contribution is 6.31. The first-order valence-electron chi connectivity index (χ1n) is 5.94. The number of halogens is 2. The van der Waals surface area contributed by atoms with Crippen molar-refractivity contribution < 1.29 is 9.53 Å². The van der Waals surface area contributed by atoms with Crippen LogP contribution in [0, 0.1) is 0 Å². The van der Waals surface area contributed by atoms with Crippen molar-refractivity contribution in [3.8, 4) is 5.75 Å². The zero-order chi connectivity index (χ0) is 12.9. The Kier molecular flexibility index (Phi) is 2.91. The normalized spacial score (nSPS) is 32.2. The molecule has 3 rings (SSSR count). The number of nitrogens with one attached hydrogen (secondary N) is 1. The predicted octanol–water partition coefficient (Wildman–Crippen LogP) is 3.20. The number of amides is 1. The molecule has 1 N–H and O–H groups in total. The molecule has 0 saturated heterocycles. The highest BCUT2D eigenvalue weighted by Crippen LogP contribution is 2.59. The first-order chi connectivity index (χ1) is 8.63. The Balaban J connectivity index is 2.02. The van der Waals surface area contributed by atoms with E-state index in [0.717, 1.165) is 12.0 Å². The molecule has 1 fully saturated rings. The third-order valence-corrected chi connectivity index (χ3v) is 5.14. The summed E-state index contributed by atoms with van der Waals surface area (Å²) in [6.45, 7) is 0. The fourth-order valence-electron chi connectivity index (χ4n) is 3.07. The Bertz CT molecular complexity index is 506. The maximum Gasteiger partial charge on any atom is 0.412 e. The minimum atomic E-state index is -0.459. The number of carbonyl (C=O) groups is 1. The minimum Gasteiger partial charge on any atom is -0.410 e. The van der Waals surface area contributed by atoms with Crippen molar-refractivity contribution >= 4 is 29.3 Å². The van der Waals surface area contributed by atoms with E-state index in [-0.39, 0.29) is 22.6 Å². The van der Waals surface area contributed by atoms with Gasteiger partial charge in [0.1, 0.15) is 5.75 Å². The number of carbonyl (C=O) groups excluding carboxylic acids is 1. The van der Waals surface area contributed by atoms with Gasteiger partial charge in [-0.25, -0.2) is 4.79 Å². The van der Waals surface area contributed by atoms with Crippen LogP contribution in [0.5, 0.6) is 5.75 Å². The number of ether oxygens (including phenoxy) is 1. The summed E-state index contributed by atoms with van der Waals surface area (Å²) in [5.74, 6) is 1.07. The number of hydrogen-bond acceptors (Lipinski definition) is 2. The number of rotatable bonds is 1. The maximum absolute atomic E-state index is 11.3. The van der Waals surface area contributed by atoms with Crippen LogP contribution >= 0.6 is 23.2 Å². The van der Waals surface area contributed by atoms with Crippen LogP contribution < -0.4 is 10.1 Å². The molecule has 4 atom stereocenters. The summed E-state index contributed by atoms with van der Waals surface area (Å²) >= 11 is 12.7. The van der Waals surface area contributed by atoms with Crippen molar-refractivity contribution in [1.29, 1.82) is 0 Å². The Morgan fingerprint density at radius 1 is 1.33 bits per heavy atom. The standard InChI is InChI=1S/C13H13Cl2NO2/c1-16-13(17)18-9-4-2-3-6-7-5-8(10(6)9)12(15)11(7)14/h2-4,7-8,11-12H,5H2,1H3,(H,16,17). The van der Waals surface area contributed by atoms with Gasteiger partial charge in [0, 0.05) is 24.4 Å². The van der Waals surface area contributed by atoms with E-state index in [1.165, 1.54) is 12.6 Å². The number of benzene rings is 1. The smallest absolute Gasteiger partial charge is 0.410 e. The van der Waals surface area contributed by atoms with Gasteiger partial charge in [-0.15, -0.1) is 23.2 Å². The molecule has 0 aromatic heterocycles. The summed E-state index contributed by atoms with van der Waals surface area (Å²) in [5, 5.41) is 2.34. The summed E-state index contributed by atoms with van der Waals surface area (Å²) in [5.41, 5.74) is 2.24. The Morgan fingerprint density at radius 2 is 2.06 bits per heavy atom. The number of alkyl halides is 2. The van der Waals surface area contributed by atoms with E-state index < -0.39 is 6.09 Å². The highest BCUT2D eigenvalue weighted by atomic mass is 35.5. The van der Waals surface area contributed by atoms with Crippen molar-refractivity contribution in [3.63, 3.8) is 0 Å². The van der Waals surface area contributed by atoms with Gasteiger partial charge in [-0.05, 0) is 18.1 Å². The van der Waals surface area contributed by atoms with Crippen LogP contribution in [0.4, 0.5) is 4.79 Å². The molecule has 2 aliphatic rings. The maximum atomic E-state index is 11.3. The number of fused-ring (bicyclic) bond motifs is 5. The SMILES string of the molecule is CNC(=O)Oc1cccc2c1C1CC2C(Cl)C1Cl. The van der Waals surface area contributed by atoms with E-state index in [4.69, 9.17) is 27.9 Å². The minimum absolute atomic E-state index is 0.0283. The average molecular weight is 286 g/mol. The molecule has 2 aliphatic carbocycles. The lowest BCUT2D eigenvalue weighted by molar-refractivity contribution is 0.202. The molecule has 5 heteroatoms. The molecule has 0 radical (unpaired) electrons. The third-order valence-electron chi connectivity index (χ3n) is 3.86. The molecule has 4 unspecified atom stereocenters. The Labute approximate surface area is 115 Å². The molecule has 1 amide bonds. The fourth-order valence-corrected chi connectivity index (χ4v) is 3.89. The first-order valence-corrected chi connectivity index (χ1v) is 6.81. The van der Waals surface area contributed by atoms with Crippen molar-refractivity contribution in [2.24, 2.45) is 0 Å². The lowest BCUT2D eigenvalue weighted by Crippen LogP contribution is -2.26.